The van der Waals surface area contributed by atoms with Gasteiger partial charge in [-0.05, 0) is 43.2 Å². The molecule has 0 heterocycles. The van der Waals surface area contributed by atoms with Crippen LogP contribution in [0.3, 0.4) is 0 Å². The molecular weight excluding hydrogens is 328 g/mol. The van der Waals surface area contributed by atoms with E-state index in [0.29, 0.717) is 17.4 Å². The van der Waals surface area contributed by atoms with Gasteiger partial charge in [0.2, 0.25) is 15.9 Å². The van der Waals surface area contributed by atoms with Crippen LogP contribution in [0.5, 0.6) is 5.75 Å². The molecule has 3 atom stereocenters. The molecule has 2 aliphatic carbocycles. The molecule has 2 saturated carbocycles. The fraction of sp³-hybridized carbons (Fsp3) is 0.588. The molecule has 0 aromatic heterocycles. The van der Waals surface area contributed by atoms with E-state index in [4.69, 9.17) is 4.74 Å². The number of benzene rings is 1. The van der Waals surface area contributed by atoms with Crippen molar-refractivity contribution in [3.05, 3.63) is 24.3 Å². The van der Waals surface area contributed by atoms with Gasteiger partial charge >= 0.3 is 0 Å². The molecule has 132 valence electrons. The third-order valence-electron chi connectivity index (χ3n) is 5.11. The summed E-state index contributed by atoms with van der Waals surface area (Å²) in [6.07, 6.45) is 5.75. The van der Waals surface area contributed by atoms with Crippen molar-refractivity contribution in [1.82, 2.24) is 5.32 Å². The molecule has 6 nitrogen and oxygen atoms in total. The summed E-state index contributed by atoms with van der Waals surface area (Å²) in [5.74, 6) is 1.59. The smallest absolute Gasteiger partial charge is 0.241 e. The number of nitrogens with one attached hydrogen (secondary N) is 1. The molecule has 0 unspecified atom stereocenters. The lowest BCUT2D eigenvalue weighted by Crippen LogP contribution is -2.45. The van der Waals surface area contributed by atoms with Crippen molar-refractivity contribution in [2.75, 3.05) is 24.2 Å². The molecular formula is C17H24N2O4S. The standard InChI is InChI=1S/C17H24N2O4S/c1-23-15-5-3-4-14(10-15)19(24(2,21)22)11-17(20)18-16-9-12-6-7-13(16)8-12/h3-5,10,12-13,16H,6-9,11H2,1-2H3,(H,18,20)/t12-,13+,16+/m0/s1. The topological polar surface area (TPSA) is 75.7 Å². The average molecular weight is 352 g/mol. The summed E-state index contributed by atoms with van der Waals surface area (Å²) >= 11 is 0. The Balaban J connectivity index is 1.71. The van der Waals surface area contributed by atoms with Crippen LogP contribution < -0.4 is 14.4 Å². The minimum Gasteiger partial charge on any atom is -0.497 e. The molecule has 3 rings (SSSR count). The fourth-order valence-electron chi connectivity index (χ4n) is 3.97. The minimum absolute atomic E-state index is 0.197. The maximum absolute atomic E-state index is 12.4. The van der Waals surface area contributed by atoms with E-state index in [9.17, 15) is 13.2 Å². The maximum Gasteiger partial charge on any atom is 0.241 e. The fourth-order valence-corrected chi connectivity index (χ4v) is 4.82. The van der Waals surface area contributed by atoms with Gasteiger partial charge < -0.3 is 10.1 Å². The SMILES string of the molecule is COc1cccc(N(CC(=O)N[C@@H]2C[C@H]3CC[C@@H]2C3)S(C)(=O)=O)c1. The molecule has 1 aromatic rings. The third-order valence-corrected chi connectivity index (χ3v) is 6.25. The van der Waals surface area contributed by atoms with E-state index in [1.807, 2.05) is 0 Å². The number of nitrogens with zero attached hydrogens (tertiary/aromatic N) is 1. The summed E-state index contributed by atoms with van der Waals surface area (Å²) < 4.78 is 30.5. The Morgan fingerprint density at radius 3 is 2.71 bits per heavy atom. The van der Waals surface area contributed by atoms with Gasteiger partial charge in [0, 0.05) is 12.1 Å². The van der Waals surface area contributed by atoms with Crippen LogP contribution in [-0.4, -0.2) is 40.3 Å². The minimum atomic E-state index is -3.56. The van der Waals surface area contributed by atoms with Crippen LogP contribution >= 0.6 is 0 Å². The Morgan fingerprint density at radius 1 is 1.33 bits per heavy atom. The molecule has 1 amide bonds. The number of anilines is 1. The lowest BCUT2D eigenvalue weighted by atomic mass is 9.95. The van der Waals surface area contributed by atoms with Crippen molar-refractivity contribution in [2.24, 2.45) is 11.8 Å². The quantitative estimate of drug-likeness (QED) is 0.846. The summed E-state index contributed by atoms with van der Waals surface area (Å²) in [6, 6.07) is 6.92. The molecule has 24 heavy (non-hydrogen) atoms. The van der Waals surface area contributed by atoms with Crippen LogP contribution in [0.1, 0.15) is 25.7 Å². The first-order valence-corrected chi connectivity index (χ1v) is 10.1. The van der Waals surface area contributed by atoms with E-state index in [-0.39, 0.29) is 18.5 Å². The van der Waals surface area contributed by atoms with Crippen LogP contribution in [0, 0.1) is 11.8 Å². The van der Waals surface area contributed by atoms with Gasteiger partial charge in [0.25, 0.3) is 0 Å². The Bertz CT molecular complexity index is 719. The van der Waals surface area contributed by atoms with Crippen molar-refractivity contribution in [2.45, 2.75) is 31.7 Å². The number of fused-ring (bicyclic) bond motifs is 2. The Morgan fingerprint density at radius 2 is 2.12 bits per heavy atom. The van der Waals surface area contributed by atoms with Gasteiger partial charge in [-0.3, -0.25) is 9.10 Å². The Labute approximate surface area is 143 Å². The highest BCUT2D eigenvalue weighted by Crippen LogP contribution is 2.44. The van der Waals surface area contributed by atoms with E-state index in [1.165, 1.54) is 26.4 Å². The molecule has 2 aliphatic rings. The van der Waals surface area contributed by atoms with Gasteiger partial charge in [0.05, 0.1) is 19.1 Å². The highest BCUT2D eigenvalue weighted by molar-refractivity contribution is 7.92. The van der Waals surface area contributed by atoms with Gasteiger partial charge in [-0.1, -0.05) is 12.5 Å². The van der Waals surface area contributed by atoms with E-state index < -0.39 is 10.0 Å². The van der Waals surface area contributed by atoms with Crippen LogP contribution in [0.25, 0.3) is 0 Å². The number of ether oxygens (including phenoxy) is 1. The highest BCUT2D eigenvalue weighted by Gasteiger charge is 2.40. The van der Waals surface area contributed by atoms with Crippen LogP contribution in [0.2, 0.25) is 0 Å². The molecule has 0 aliphatic heterocycles. The second-order valence-electron chi connectivity index (χ2n) is 6.82. The van der Waals surface area contributed by atoms with E-state index in [1.54, 1.807) is 24.3 Å². The molecule has 0 radical (unpaired) electrons. The van der Waals surface area contributed by atoms with Gasteiger partial charge in [0.1, 0.15) is 12.3 Å². The first-order valence-electron chi connectivity index (χ1n) is 8.28. The molecule has 0 saturated heterocycles. The molecule has 1 aromatic carbocycles. The third kappa shape index (κ3) is 3.66. The zero-order chi connectivity index (χ0) is 17.3. The number of sulfonamides is 1. The molecule has 7 heteroatoms. The van der Waals surface area contributed by atoms with Gasteiger partial charge in [0.15, 0.2) is 0 Å². The normalized spacial score (nSPS) is 25.5. The van der Waals surface area contributed by atoms with Crippen LogP contribution in [0.4, 0.5) is 5.69 Å². The monoisotopic (exact) mass is 352 g/mol. The van der Waals surface area contributed by atoms with E-state index in [0.717, 1.165) is 22.9 Å². The van der Waals surface area contributed by atoms with Crippen LogP contribution in [0.15, 0.2) is 24.3 Å². The second kappa shape index (κ2) is 6.63. The maximum atomic E-state index is 12.4. The zero-order valence-corrected chi connectivity index (χ0v) is 14.9. The van der Waals surface area contributed by atoms with E-state index in [2.05, 4.69) is 5.32 Å². The lowest BCUT2D eigenvalue weighted by Gasteiger charge is -2.26. The second-order valence-corrected chi connectivity index (χ2v) is 8.73. The predicted octanol–water partition coefficient (Wildman–Crippen LogP) is 1.77. The highest BCUT2D eigenvalue weighted by atomic mass is 32.2. The van der Waals surface area contributed by atoms with Crippen molar-refractivity contribution in [1.29, 1.82) is 0 Å². The number of rotatable bonds is 6. The summed E-state index contributed by atoms with van der Waals surface area (Å²) in [5.41, 5.74) is 0.431. The Kier molecular flexibility index (Phi) is 4.71. The molecule has 2 bridgehead atoms. The molecule has 2 fully saturated rings. The molecule has 0 spiro atoms. The van der Waals surface area contributed by atoms with Crippen molar-refractivity contribution >= 4 is 21.6 Å². The average Bonchev–Trinajstić information content (AvgIpc) is 3.14. The number of hydrogen-bond acceptors (Lipinski definition) is 4. The predicted molar refractivity (Wildman–Crippen MR) is 92.6 cm³/mol. The number of carbonyl (C=O) groups is 1. The van der Waals surface area contributed by atoms with Crippen molar-refractivity contribution < 1.29 is 17.9 Å². The summed E-state index contributed by atoms with van der Waals surface area (Å²) in [5, 5.41) is 3.03. The van der Waals surface area contributed by atoms with Gasteiger partial charge in [-0.25, -0.2) is 8.42 Å². The van der Waals surface area contributed by atoms with E-state index >= 15 is 0 Å². The number of carbonyl (C=O) groups excluding carboxylic acids is 1. The van der Waals surface area contributed by atoms with Crippen molar-refractivity contribution in [3.8, 4) is 5.75 Å². The van der Waals surface area contributed by atoms with Crippen LogP contribution in [-0.2, 0) is 14.8 Å². The lowest BCUT2D eigenvalue weighted by molar-refractivity contribution is -0.120. The number of hydrogen-bond donors (Lipinski definition) is 1. The van der Waals surface area contributed by atoms with Gasteiger partial charge in [-0.2, -0.15) is 0 Å². The Hall–Kier alpha value is -1.76. The summed E-state index contributed by atoms with van der Waals surface area (Å²) in [6.45, 7) is -0.208. The zero-order valence-electron chi connectivity index (χ0n) is 14.1. The largest absolute Gasteiger partial charge is 0.497 e. The molecule has 1 N–H and O–H groups in total. The summed E-state index contributed by atoms with van der Waals surface area (Å²) in [4.78, 5) is 12.4. The number of amides is 1. The van der Waals surface area contributed by atoms with Gasteiger partial charge in [-0.15, -0.1) is 0 Å². The first kappa shape index (κ1) is 17.1. The first-order chi connectivity index (χ1) is 11.4. The summed E-state index contributed by atoms with van der Waals surface area (Å²) in [7, 11) is -2.05. The number of methoxy groups -OCH3 is 1. The van der Waals surface area contributed by atoms with Crippen molar-refractivity contribution in [3.63, 3.8) is 0 Å².